The number of rotatable bonds is 16. The Morgan fingerprint density at radius 2 is 1.80 bits per heavy atom. The minimum Gasteiger partial charge on any atom is -0.494 e. The quantitative estimate of drug-likeness (QED) is 0.265. The third kappa shape index (κ3) is 6.79. The number of benzene rings is 1. The van der Waals surface area contributed by atoms with Crippen LogP contribution in [0.4, 0.5) is 5.69 Å². The molecule has 4 aliphatic heterocycles. The second-order valence-electron chi connectivity index (χ2n) is 14.6. The van der Waals surface area contributed by atoms with Crippen molar-refractivity contribution in [2.24, 2.45) is 23.7 Å². The molecule has 11 heteroatoms. The fourth-order valence-corrected chi connectivity index (χ4v) is 8.76. The molecule has 1 N–H and O–H groups in total. The second kappa shape index (κ2) is 15.3. The first-order valence-electron chi connectivity index (χ1n) is 17.9. The first kappa shape index (κ1) is 37.0. The van der Waals surface area contributed by atoms with Crippen LogP contribution in [-0.2, 0) is 23.9 Å². The highest BCUT2D eigenvalue weighted by atomic mass is 16.5. The maximum Gasteiger partial charge on any atom is 0.248 e. The van der Waals surface area contributed by atoms with Gasteiger partial charge in [0.25, 0.3) is 0 Å². The van der Waals surface area contributed by atoms with E-state index < -0.39 is 35.1 Å². The summed E-state index contributed by atoms with van der Waals surface area (Å²) in [5, 5.41) is 10.8. The van der Waals surface area contributed by atoms with Crippen molar-refractivity contribution >= 4 is 23.4 Å². The molecule has 0 aromatic heterocycles. The van der Waals surface area contributed by atoms with Crippen molar-refractivity contribution in [2.45, 2.75) is 70.7 Å². The van der Waals surface area contributed by atoms with Gasteiger partial charge in [0.1, 0.15) is 17.4 Å². The number of carbonyl (C=O) groups excluding carboxylic acids is 3. The Hall–Kier alpha value is -3.25. The predicted molar refractivity (Wildman–Crippen MR) is 188 cm³/mol. The zero-order valence-corrected chi connectivity index (χ0v) is 30.0. The summed E-state index contributed by atoms with van der Waals surface area (Å²) in [4.78, 5) is 52.1. The van der Waals surface area contributed by atoms with Crippen molar-refractivity contribution in [1.29, 1.82) is 0 Å². The summed E-state index contributed by atoms with van der Waals surface area (Å²) in [6.07, 6.45) is 4.33. The van der Waals surface area contributed by atoms with Crippen molar-refractivity contribution in [3.63, 3.8) is 0 Å². The number of amides is 3. The highest BCUT2D eigenvalue weighted by Gasteiger charge is 2.80. The van der Waals surface area contributed by atoms with E-state index in [-0.39, 0.29) is 42.7 Å². The Kier molecular flexibility index (Phi) is 11.6. The van der Waals surface area contributed by atoms with Gasteiger partial charge in [0.15, 0.2) is 0 Å². The predicted octanol–water partition coefficient (Wildman–Crippen LogP) is 3.37. The van der Waals surface area contributed by atoms with E-state index in [0.29, 0.717) is 63.7 Å². The van der Waals surface area contributed by atoms with Gasteiger partial charge < -0.3 is 34.0 Å². The van der Waals surface area contributed by atoms with Gasteiger partial charge in [-0.2, -0.15) is 0 Å². The molecule has 2 bridgehead atoms. The fourth-order valence-electron chi connectivity index (χ4n) is 8.76. The Morgan fingerprint density at radius 3 is 2.39 bits per heavy atom. The molecule has 4 fully saturated rings. The van der Waals surface area contributed by atoms with Gasteiger partial charge in [-0.05, 0) is 62.8 Å². The number of morpholine rings is 1. The average molecular weight is 681 g/mol. The van der Waals surface area contributed by atoms with E-state index in [1.807, 2.05) is 58.9 Å². The maximum absolute atomic E-state index is 15.0. The molecule has 49 heavy (non-hydrogen) atoms. The molecule has 4 saturated heterocycles. The fraction of sp³-hybridized carbons (Fsp3) is 0.658. The molecule has 3 unspecified atom stereocenters. The summed E-state index contributed by atoms with van der Waals surface area (Å²) < 4.78 is 18.2. The lowest BCUT2D eigenvalue weighted by Gasteiger charge is -2.40. The summed E-state index contributed by atoms with van der Waals surface area (Å²) >= 11 is 0. The molecule has 0 aliphatic carbocycles. The summed E-state index contributed by atoms with van der Waals surface area (Å²) in [5.74, 6) is -1.80. The number of carbonyl (C=O) groups is 3. The number of hydrogen-bond donors (Lipinski definition) is 1. The highest BCUT2D eigenvalue weighted by Crippen LogP contribution is 2.66. The SMILES string of the molecule is C=CCN(CCN1CCOCC1)C(=O)C1N([C@@H](CO)CC(C)C)C(=O)[C@@H]2[C@@H](C(=O)N(CC=C)c3ccc(OCC)cc3)[C@]3(C)OC12CC3C. The lowest BCUT2D eigenvalue weighted by Crippen LogP contribution is -2.59. The van der Waals surface area contributed by atoms with Gasteiger partial charge in [0, 0.05) is 45.0 Å². The van der Waals surface area contributed by atoms with Crippen molar-refractivity contribution in [3.05, 3.63) is 49.6 Å². The molecule has 4 aliphatic rings. The van der Waals surface area contributed by atoms with Gasteiger partial charge >= 0.3 is 0 Å². The minimum absolute atomic E-state index is 0.120. The Labute approximate surface area is 291 Å². The van der Waals surface area contributed by atoms with Crippen LogP contribution in [-0.4, -0.2) is 127 Å². The van der Waals surface area contributed by atoms with Crippen LogP contribution in [0.1, 0.15) is 47.5 Å². The molecule has 7 atom stereocenters. The number of anilines is 1. The van der Waals surface area contributed by atoms with Crippen LogP contribution in [0.25, 0.3) is 0 Å². The number of aliphatic hydroxyl groups is 1. The molecule has 0 saturated carbocycles. The van der Waals surface area contributed by atoms with E-state index >= 15 is 0 Å². The van der Waals surface area contributed by atoms with Gasteiger partial charge in [0.05, 0.1) is 49.9 Å². The molecule has 1 spiro atoms. The van der Waals surface area contributed by atoms with Crippen LogP contribution in [0.5, 0.6) is 5.75 Å². The van der Waals surface area contributed by atoms with Crippen molar-refractivity contribution in [3.8, 4) is 5.75 Å². The lowest BCUT2D eigenvalue weighted by molar-refractivity contribution is -0.156. The van der Waals surface area contributed by atoms with E-state index in [9.17, 15) is 19.5 Å². The van der Waals surface area contributed by atoms with E-state index in [4.69, 9.17) is 14.2 Å². The standard InChI is InChI=1S/C38H56N4O7/c1-8-15-40(18-17-39-19-21-47-22-20-39)36(46)33-38-24-27(6)37(7,49-38)31(32(38)35(45)42(33)29(25-43)23-26(4)5)34(44)41(16-9-2)28-11-13-30(14-12-28)48-10-3/h8-9,11-14,26-27,29,31-33,43H,1-2,10,15-25H2,3-7H3/t27?,29-,31+,32+,33?,37-,38?/m1/s1. The number of hydrogen-bond acceptors (Lipinski definition) is 8. The molecular formula is C38H56N4O7. The van der Waals surface area contributed by atoms with Crippen LogP contribution in [0.2, 0.25) is 0 Å². The summed E-state index contributed by atoms with van der Waals surface area (Å²) in [6.45, 7) is 22.5. The zero-order valence-electron chi connectivity index (χ0n) is 30.0. The normalized spacial score (nSPS) is 29.9. The third-order valence-electron chi connectivity index (χ3n) is 11.1. The summed E-state index contributed by atoms with van der Waals surface area (Å²) in [5.41, 5.74) is -1.56. The van der Waals surface area contributed by atoms with Crippen LogP contribution in [0.3, 0.4) is 0 Å². The number of likely N-dealkylation sites (tertiary alicyclic amines) is 1. The van der Waals surface area contributed by atoms with Crippen molar-refractivity contribution < 1.29 is 33.7 Å². The molecule has 0 radical (unpaired) electrons. The molecule has 1 aromatic rings. The first-order chi connectivity index (χ1) is 23.5. The zero-order chi connectivity index (χ0) is 35.5. The van der Waals surface area contributed by atoms with Gasteiger partial charge in [-0.25, -0.2) is 0 Å². The highest BCUT2D eigenvalue weighted by molar-refractivity contribution is 6.03. The molecule has 11 nitrogen and oxygen atoms in total. The Bertz CT molecular complexity index is 1360. The number of nitrogens with zero attached hydrogens (tertiary/aromatic N) is 4. The smallest absolute Gasteiger partial charge is 0.248 e. The maximum atomic E-state index is 15.0. The molecular weight excluding hydrogens is 624 g/mol. The second-order valence-corrected chi connectivity index (χ2v) is 14.6. The molecule has 270 valence electrons. The van der Waals surface area contributed by atoms with E-state index in [1.54, 1.807) is 26.9 Å². The van der Waals surface area contributed by atoms with Gasteiger partial charge in [-0.1, -0.05) is 32.9 Å². The lowest BCUT2D eigenvalue weighted by atomic mass is 9.62. The molecule has 4 heterocycles. The summed E-state index contributed by atoms with van der Waals surface area (Å²) in [7, 11) is 0. The molecule has 3 amide bonds. The number of fused-ring (bicyclic) bond motifs is 1. The number of ether oxygens (including phenoxy) is 3. The first-order valence-corrected chi connectivity index (χ1v) is 17.9. The number of aliphatic hydroxyl groups excluding tert-OH is 1. The van der Waals surface area contributed by atoms with Crippen LogP contribution < -0.4 is 9.64 Å². The minimum atomic E-state index is -1.23. The van der Waals surface area contributed by atoms with E-state index in [0.717, 1.165) is 13.1 Å². The average Bonchev–Trinajstić information content (AvgIpc) is 3.61. The van der Waals surface area contributed by atoms with E-state index in [2.05, 4.69) is 18.1 Å². The monoisotopic (exact) mass is 680 g/mol. The molecule has 5 rings (SSSR count). The van der Waals surface area contributed by atoms with Crippen LogP contribution in [0.15, 0.2) is 49.6 Å². The van der Waals surface area contributed by atoms with Crippen molar-refractivity contribution in [1.82, 2.24) is 14.7 Å². The van der Waals surface area contributed by atoms with Crippen molar-refractivity contribution in [2.75, 3.05) is 70.6 Å². The Balaban J connectivity index is 1.56. The van der Waals surface area contributed by atoms with Crippen LogP contribution >= 0.6 is 0 Å². The van der Waals surface area contributed by atoms with Gasteiger partial charge in [-0.15, -0.1) is 13.2 Å². The topological polar surface area (TPSA) is 112 Å². The van der Waals surface area contributed by atoms with Gasteiger partial charge in [0.2, 0.25) is 17.7 Å². The Morgan fingerprint density at radius 1 is 1.12 bits per heavy atom. The van der Waals surface area contributed by atoms with Gasteiger partial charge in [-0.3, -0.25) is 19.3 Å². The summed E-state index contributed by atoms with van der Waals surface area (Å²) in [6, 6.07) is 5.72. The third-order valence-corrected chi connectivity index (χ3v) is 11.1. The van der Waals surface area contributed by atoms with Crippen LogP contribution in [0, 0.1) is 23.7 Å². The molecule has 1 aromatic carbocycles. The largest absolute Gasteiger partial charge is 0.494 e. The van der Waals surface area contributed by atoms with E-state index in [1.165, 1.54) is 0 Å².